The van der Waals surface area contributed by atoms with Crippen molar-refractivity contribution in [3.63, 3.8) is 0 Å². The number of pyridine rings is 1. The van der Waals surface area contributed by atoms with Crippen LogP contribution >= 0.6 is 11.8 Å². The predicted molar refractivity (Wildman–Crippen MR) is 96.7 cm³/mol. The first kappa shape index (κ1) is 16.1. The van der Waals surface area contributed by atoms with Crippen molar-refractivity contribution in [3.8, 4) is 0 Å². The van der Waals surface area contributed by atoms with Gasteiger partial charge in [-0.3, -0.25) is 10.4 Å². The van der Waals surface area contributed by atoms with Crippen LogP contribution in [-0.2, 0) is 6.54 Å². The monoisotopic (exact) mass is 366 g/mol. The van der Waals surface area contributed by atoms with Gasteiger partial charge in [0.05, 0.1) is 6.20 Å². The van der Waals surface area contributed by atoms with Crippen LogP contribution in [0.25, 0.3) is 11.2 Å². The zero-order chi connectivity index (χ0) is 17.8. The highest BCUT2D eigenvalue weighted by Crippen LogP contribution is 2.29. The molecule has 10 heteroatoms. The van der Waals surface area contributed by atoms with Crippen molar-refractivity contribution in [1.82, 2.24) is 35.9 Å². The highest BCUT2D eigenvalue weighted by Gasteiger charge is 2.09. The Kier molecular flexibility index (Phi) is 4.48. The number of fused-ring (bicyclic) bond motifs is 1. The van der Waals surface area contributed by atoms with Gasteiger partial charge in [0.15, 0.2) is 0 Å². The Hall–Kier alpha value is -3.40. The van der Waals surface area contributed by atoms with Crippen molar-refractivity contribution in [2.45, 2.75) is 16.5 Å². The van der Waals surface area contributed by atoms with E-state index in [0.29, 0.717) is 18.0 Å². The summed E-state index contributed by atoms with van der Waals surface area (Å²) in [6.45, 7) is 0.384. The van der Waals surface area contributed by atoms with Crippen LogP contribution in [0, 0.1) is 0 Å². The number of aromatic nitrogens is 6. The SMILES string of the molecule is O=C(NCc1ccccc1Sc1ccc2n[nH]nc2n1)Nc1ccn[nH]1. The number of hydrogen-bond donors (Lipinski definition) is 4. The Morgan fingerprint density at radius 3 is 2.92 bits per heavy atom. The van der Waals surface area contributed by atoms with E-state index in [9.17, 15) is 4.79 Å². The quantitative estimate of drug-likeness (QED) is 0.430. The summed E-state index contributed by atoms with van der Waals surface area (Å²) >= 11 is 1.51. The summed E-state index contributed by atoms with van der Waals surface area (Å²) in [7, 11) is 0. The molecule has 9 nitrogen and oxygen atoms in total. The lowest BCUT2D eigenvalue weighted by Gasteiger charge is -2.10. The van der Waals surface area contributed by atoms with Gasteiger partial charge in [0.2, 0.25) is 5.65 Å². The molecular formula is C16H14N8OS. The average molecular weight is 366 g/mol. The summed E-state index contributed by atoms with van der Waals surface area (Å²) in [5, 5.41) is 23.3. The van der Waals surface area contributed by atoms with Gasteiger partial charge >= 0.3 is 6.03 Å². The molecule has 4 rings (SSSR count). The standard InChI is InChI=1S/C16H14N8OS/c25-16(19-13-7-8-18-22-13)17-9-10-3-1-2-4-12(10)26-14-6-5-11-15(20-14)23-24-21-11/h1-8H,9H2,(H,20,21,23,24)(H3,17,18,19,22,25). The average Bonchev–Trinajstić information content (AvgIpc) is 3.32. The molecular weight excluding hydrogens is 352 g/mol. The van der Waals surface area contributed by atoms with Crippen LogP contribution in [0.4, 0.5) is 10.6 Å². The van der Waals surface area contributed by atoms with E-state index in [1.165, 1.54) is 11.8 Å². The van der Waals surface area contributed by atoms with E-state index in [4.69, 9.17) is 0 Å². The summed E-state index contributed by atoms with van der Waals surface area (Å²) in [4.78, 5) is 17.4. The third-order valence-electron chi connectivity index (χ3n) is 3.53. The third kappa shape index (κ3) is 3.64. The number of H-pyrrole nitrogens is 2. The van der Waals surface area contributed by atoms with Gasteiger partial charge in [-0.2, -0.15) is 15.4 Å². The Morgan fingerprint density at radius 1 is 1.12 bits per heavy atom. The highest BCUT2D eigenvalue weighted by molar-refractivity contribution is 7.99. The minimum Gasteiger partial charge on any atom is -0.334 e. The van der Waals surface area contributed by atoms with Crippen molar-refractivity contribution in [1.29, 1.82) is 0 Å². The molecule has 0 aliphatic carbocycles. The molecule has 0 radical (unpaired) electrons. The van der Waals surface area contributed by atoms with Crippen molar-refractivity contribution in [3.05, 3.63) is 54.2 Å². The molecule has 0 spiro atoms. The van der Waals surface area contributed by atoms with Gasteiger partial charge in [0, 0.05) is 17.5 Å². The van der Waals surface area contributed by atoms with Crippen LogP contribution in [0.1, 0.15) is 5.56 Å². The molecule has 1 aromatic carbocycles. The zero-order valence-electron chi connectivity index (χ0n) is 13.4. The molecule has 0 saturated heterocycles. The maximum Gasteiger partial charge on any atom is 0.320 e. The molecule has 0 aliphatic heterocycles. The molecule has 0 aliphatic rings. The molecule has 4 aromatic rings. The van der Waals surface area contributed by atoms with Crippen molar-refractivity contribution in [2.75, 3.05) is 5.32 Å². The van der Waals surface area contributed by atoms with E-state index in [0.717, 1.165) is 21.0 Å². The zero-order valence-corrected chi connectivity index (χ0v) is 14.2. The fourth-order valence-corrected chi connectivity index (χ4v) is 3.22. The molecule has 26 heavy (non-hydrogen) atoms. The van der Waals surface area contributed by atoms with Crippen molar-refractivity contribution >= 4 is 34.8 Å². The van der Waals surface area contributed by atoms with Crippen LogP contribution in [0.5, 0.6) is 0 Å². The van der Waals surface area contributed by atoms with Gasteiger partial charge in [-0.25, -0.2) is 9.78 Å². The summed E-state index contributed by atoms with van der Waals surface area (Å²) < 4.78 is 0. The molecule has 4 N–H and O–H groups in total. The van der Waals surface area contributed by atoms with Gasteiger partial charge < -0.3 is 5.32 Å². The van der Waals surface area contributed by atoms with E-state index in [-0.39, 0.29) is 6.03 Å². The Morgan fingerprint density at radius 2 is 2.04 bits per heavy atom. The molecule has 0 saturated carbocycles. The number of rotatable bonds is 5. The van der Waals surface area contributed by atoms with Crippen LogP contribution in [0.3, 0.4) is 0 Å². The largest absolute Gasteiger partial charge is 0.334 e. The summed E-state index contributed by atoms with van der Waals surface area (Å²) in [5.74, 6) is 0.537. The van der Waals surface area contributed by atoms with Crippen LogP contribution in [0.2, 0.25) is 0 Å². The molecule has 0 fully saturated rings. The normalized spacial score (nSPS) is 10.8. The number of amides is 2. The topological polar surface area (TPSA) is 124 Å². The first-order valence-corrected chi connectivity index (χ1v) is 8.57. The fraction of sp³-hybridized carbons (Fsp3) is 0.0625. The van der Waals surface area contributed by atoms with E-state index in [1.807, 2.05) is 36.4 Å². The van der Waals surface area contributed by atoms with Gasteiger partial charge in [-0.1, -0.05) is 30.0 Å². The molecule has 0 bridgehead atoms. The molecule has 3 aromatic heterocycles. The second-order valence-corrected chi connectivity index (χ2v) is 6.37. The number of aromatic amines is 2. The molecule has 130 valence electrons. The number of nitrogens with zero attached hydrogens (tertiary/aromatic N) is 4. The van der Waals surface area contributed by atoms with Crippen LogP contribution < -0.4 is 10.6 Å². The Bertz CT molecular complexity index is 1030. The molecule has 3 heterocycles. The smallest absolute Gasteiger partial charge is 0.320 e. The lowest BCUT2D eigenvalue weighted by Crippen LogP contribution is -2.28. The maximum atomic E-state index is 12.0. The fourth-order valence-electron chi connectivity index (χ4n) is 2.31. The van der Waals surface area contributed by atoms with Crippen molar-refractivity contribution < 1.29 is 4.79 Å². The number of urea groups is 1. The van der Waals surface area contributed by atoms with Gasteiger partial charge in [0.1, 0.15) is 16.4 Å². The third-order valence-corrected chi connectivity index (χ3v) is 4.59. The predicted octanol–water partition coefficient (Wildman–Crippen LogP) is 2.55. The number of nitrogens with one attached hydrogen (secondary N) is 4. The second kappa shape index (κ2) is 7.23. The molecule has 0 atom stereocenters. The minimum absolute atomic E-state index is 0.309. The number of benzene rings is 1. The Labute approximate surface area is 152 Å². The summed E-state index contributed by atoms with van der Waals surface area (Å²) in [6.07, 6.45) is 1.57. The van der Waals surface area contributed by atoms with E-state index >= 15 is 0 Å². The maximum absolute atomic E-state index is 12.0. The van der Waals surface area contributed by atoms with Crippen molar-refractivity contribution in [2.24, 2.45) is 0 Å². The number of carbonyl (C=O) groups excluding carboxylic acids is 1. The summed E-state index contributed by atoms with van der Waals surface area (Å²) in [5.41, 5.74) is 2.28. The van der Waals surface area contributed by atoms with E-state index < -0.39 is 0 Å². The van der Waals surface area contributed by atoms with Gasteiger partial charge in [-0.15, -0.1) is 5.10 Å². The first-order valence-electron chi connectivity index (χ1n) is 7.75. The Balaban J connectivity index is 1.45. The van der Waals surface area contributed by atoms with E-state index in [1.54, 1.807) is 12.3 Å². The molecule has 0 unspecified atom stereocenters. The van der Waals surface area contributed by atoms with Gasteiger partial charge in [0.25, 0.3) is 0 Å². The number of carbonyl (C=O) groups is 1. The summed E-state index contributed by atoms with van der Waals surface area (Å²) in [6, 6.07) is 13.0. The molecule has 2 amide bonds. The van der Waals surface area contributed by atoms with Crippen LogP contribution in [0.15, 0.2) is 58.6 Å². The lowest BCUT2D eigenvalue weighted by atomic mass is 10.2. The van der Waals surface area contributed by atoms with E-state index in [2.05, 4.69) is 41.2 Å². The number of hydrogen-bond acceptors (Lipinski definition) is 6. The highest BCUT2D eigenvalue weighted by atomic mass is 32.2. The van der Waals surface area contributed by atoms with Gasteiger partial charge in [-0.05, 0) is 23.8 Å². The lowest BCUT2D eigenvalue weighted by molar-refractivity contribution is 0.251. The first-order chi connectivity index (χ1) is 12.8. The second-order valence-electron chi connectivity index (χ2n) is 5.30. The van der Waals surface area contributed by atoms with Crippen LogP contribution in [-0.4, -0.2) is 36.6 Å². The number of anilines is 1. The minimum atomic E-state index is -0.309.